The normalized spacial score (nSPS) is 33.4. The Bertz CT molecular complexity index is 501. The Labute approximate surface area is 131 Å². The molecule has 0 aromatic heterocycles. The molecule has 0 heterocycles. The molecule has 0 bridgehead atoms. The average molecular weight is 314 g/mol. The molecule has 3 atom stereocenters. The Kier molecular flexibility index (Phi) is 4.67. The van der Waals surface area contributed by atoms with Crippen LogP contribution in [-0.4, -0.2) is 35.2 Å². The van der Waals surface area contributed by atoms with Crippen LogP contribution < -0.4 is 0 Å². The number of aliphatic hydroxyl groups is 1. The zero-order valence-electron chi connectivity index (χ0n) is 13.3. The van der Waals surface area contributed by atoms with Crippen molar-refractivity contribution in [3.63, 3.8) is 0 Å². The molecule has 1 aliphatic carbocycles. The van der Waals surface area contributed by atoms with Gasteiger partial charge < -0.3 is 10.0 Å². The number of rotatable bonds is 3. The smallest absolute Gasteiger partial charge is 0.127 e. The van der Waals surface area contributed by atoms with Gasteiger partial charge >= 0.3 is 0 Å². The van der Waals surface area contributed by atoms with E-state index in [-0.39, 0.29) is 18.2 Å². The average Bonchev–Trinajstić information content (AvgIpc) is 2.40. The van der Waals surface area contributed by atoms with Crippen LogP contribution in [0.25, 0.3) is 0 Å². The molecule has 0 saturated heterocycles. The van der Waals surface area contributed by atoms with E-state index in [1.807, 2.05) is 14.1 Å². The summed E-state index contributed by atoms with van der Waals surface area (Å²) in [5.41, 5.74) is -0.972. The van der Waals surface area contributed by atoms with Gasteiger partial charge in [-0.15, -0.1) is 0 Å². The summed E-state index contributed by atoms with van der Waals surface area (Å²) in [5.74, 6) is -0.246. The van der Waals surface area contributed by atoms with Gasteiger partial charge in [0.25, 0.3) is 0 Å². The molecule has 21 heavy (non-hydrogen) atoms. The van der Waals surface area contributed by atoms with Gasteiger partial charge in [0.05, 0.1) is 5.60 Å². The van der Waals surface area contributed by atoms with E-state index in [1.54, 1.807) is 12.1 Å². The van der Waals surface area contributed by atoms with Crippen LogP contribution in [0.4, 0.5) is 4.39 Å². The quantitative estimate of drug-likeness (QED) is 0.915. The molecule has 4 heteroatoms. The molecule has 2 nitrogen and oxygen atoms in total. The van der Waals surface area contributed by atoms with Gasteiger partial charge in [-0.25, -0.2) is 4.39 Å². The largest absolute Gasteiger partial charge is 0.387 e. The van der Waals surface area contributed by atoms with Crippen LogP contribution in [0.5, 0.6) is 0 Å². The van der Waals surface area contributed by atoms with Gasteiger partial charge in [0.2, 0.25) is 0 Å². The second-order valence-electron chi connectivity index (χ2n) is 6.76. The van der Waals surface area contributed by atoms with Crippen molar-refractivity contribution in [2.24, 2.45) is 5.92 Å². The standard InChI is InChI=1S/C17H25ClFNO/c1-12-7-6-10-16(2,20(3)4)17(12,21)11-13-14(18)8-5-9-15(13)19/h5,8-9,12,21H,6-7,10-11H2,1-4H3. The summed E-state index contributed by atoms with van der Waals surface area (Å²) in [6, 6.07) is 4.69. The minimum Gasteiger partial charge on any atom is -0.387 e. The van der Waals surface area contributed by atoms with E-state index in [1.165, 1.54) is 6.07 Å². The number of nitrogens with zero attached hydrogens (tertiary/aromatic N) is 1. The number of likely N-dealkylation sites (N-methyl/N-ethyl adjacent to an activating group) is 1. The summed E-state index contributed by atoms with van der Waals surface area (Å²) >= 11 is 6.17. The predicted molar refractivity (Wildman–Crippen MR) is 85.2 cm³/mol. The highest BCUT2D eigenvalue weighted by Crippen LogP contribution is 2.46. The molecule has 3 unspecified atom stereocenters. The van der Waals surface area contributed by atoms with E-state index in [2.05, 4.69) is 18.7 Å². The third-order valence-corrected chi connectivity index (χ3v) is 5.90. The van der Waals surface area contributed by atoms with Crippen LogP contribution in [0.15, 0.2) is 18.2 Å². The molecule has 118 valence electrons. The van der Waals surface area contributed by atoms with E-state index in [4.69, 9.17) is 11.6 Å². The summed E-state index contributed by atoms with van der Waals surface area (Å²) in [7, 11) is 3.96. The maximum absolute atomic E-state index is 14.1. The first-order valence-electron chi connectivity index (χ1n) is 7.55. The first-order valence-corrected chi connectivity index (χ1v) is 7.93. The maximum Gasteiger partial charge on any atom is 0.127 e. The molecule has 1 N–H and O–H groups in total. The van der Waals surface area contributed by atoms with Crippen LogP contribution in [0.1, 0.15) is 38.7 Å². The summed E-state index contributed by atoms with van der Waals surface area (Å²) < 4.78 is 14.1. The van der Waals surface area contributed by atoms with Gasteiger partial charge in [-0.2, -0.15) is 0 Å². The monoisotopic (exact) mass is 313 g/mol. The predicted octanol–water partition coefficient (Wildman–Crippen LogP) is 3.89. The Morgan fingerprint density at radius 3 is 2.67 bits per heavy atom. The van der Waals surface area contributed by atoms with Crippen molar-refractivity contribution in [1.29, 1.82) is 0 Å². The first kappa shape index (κ1) is 16.7. The van der Waals surface area contributed by atoms with Crippen LogP contribution in [0.3, 0.4) is 0 Å². The highest BCUT2D eigenvalue weighted by atomic mass is 35.5. The van der Waals surface area contributed by atoms with E-state index in [0.29, 0.717) is 10.6 Å². The minimum atomic E-state index is -0.999. The SMILES string of the molecule is CC1CCCC(C)(N(C)C)C1(O)Cc1c(F)cccc1Cl. The molecule has 1 aromatic carbocycles. The lowest BCUT2D eigenvalue weighted by atomic mass is 9.62. The fourth-order valence-electron chi connectivity index (χ4n) is 3.68. The number of hydrogen-bond acceptors (Lipinski definition) is 2. The van der Waals surface area contributed by atoms with Crippen LogP contribution in [0, 0.1) is 11.7 Å². The van der Waals surface area contributed by atoms with Gasteiger partial charge in [-0.05, 0) is 51.9 Å². The molecule has 0 spiro atoms. The van der Waals surface area contributed by atoms with Crippen molar-refractivity contribution in [3.05, 3.63) is 34.6 Å². The maximum atomic E-state index is 14.1. The summed E-state index contributed by atoms with van der Waals surface area (Å²) in [4.78, 5) is 2.07. The lowest BCUT2D eigenvalue weighted by Crippen LogP contribution is -2.66. The molecular formula is C17H25ClFNO. The van der Waals surface area contributed by atoms with Gasteiger partial charge in [-0.3, -0.25) is 0 Å². The second-order valence-corrected chi connectivity index (χ2v) is 7.17. The molecule has 1 fully saturated rings. The first-order chi connectivity index (χ1) is 9.72. The van der Waals surface area contributed by atoms with Crippen LogP contribution in [-0.2, 0) is 6.42 Å². The molecular weight excluding hydrogens is 289 g/mol. The Hall–Kier alpha value is -0.640. The van der Waals surface area contributed by atoms with Crippen molar-refractivity contribution in [2.75, 3.05) is 14.1 Å². The molecule has 0 radical (unpaired) electrons. The second kappa shape index (κ2) is 5.86. The molecule has 0 aliphatic heterocycles. The minimum absolute atomic E-state index is 0.0920. The molecule has 0 amide bonds. The van der Waals surface area contributed by atoms with E-state index in [9.17, 15) is 9.50 Å². The zero-order valence-corrected chi connectivity index (χ0v) is 14.0. The Balaban J connectivity index is 2.46. The molecule has 2 rings (SSSR count). The third-order valence-electron chi connectivity index (χ3n) is 5.54. The topological polar surface area (TPSA) is 23.5 Å². The van der Waals surface area contributed by atoms with Crippen molar-refractivity contribution in [1.82, 2.24) is 4.90 Å². The molecule has 1 saturated carbocycles. The number of halogens is 2. The molecule has 1 aliphatic rings. The summed E-state index contributed by atoms with van der Waals surface area (Å²) in [5, 5.41) is 11.9. The number of hydrogen-bond donors (Lipinski definition) is 1. The highest BCUT2D eigenvalue weighted by molar-refractivity contribution is 6.31. The summed E-state index contributed by atoms with van der Waals surface area (Å²) in [6.45, 7) is 4.12. The Morgan fingerprint density at radius 2 is 2.10 bits per heavy atom. The van der Waals surface area contributed by atoms with E-state index >= 15 is 0 Å². The fraction of sp³-hybridized carbons (Fsp3) is 0.647. The Morgan fingerprint density at radius 1 is 1.43 bits per heavy atom. The van der Waals surface area contributed by atoms with Gasteiger partial charge in [0.1, 0.15) is 5.82 Å². The van der Waals surface area contributed by atoms with Gasteiger partial charge in [0.15, 0.2) is 0 Å². The third kappa shape index (κ3) is 2.71. The van der Waals surface area contributed by atoms with Gasteiger partial charge in [0, 0.05) is 22.5 Å². The lowest BCUT2D eigenvalue weighted by molar-refractivity contribution is -0.148. The highest BCUT2D eigenvalue weighted by Gasteiger charge is 2.54. The van der Waals surface area contributed by atoms with E-state index in [0.717, 1.165) is 19.3 Å². The van der Waals surface area contributed by atoms with Crippen molar-refractivity contribution < 1.29 is 9.50 Å². The fourth-order valence-corrected chi connectivity index (χ4v) is 3.91. The summed E-state index contributed by atoms with van der Waals surface area (Å²) in [6.07, 6.45) is 3.16. The molecule has 1 aromatic rings. The van der Waals surface area contributed by atoms with Gasteiger partial charge in [-0.1, -0.05) is 31.0 Å². The van der Waals surface area contributed by atoms with Crippen molar-refractivity contribution in [2.45, 2.75) is 50.7 Å². The van der Waals surface area contributed by atoms with Crippen LogP contribution >= 0.6 is 11.6 Å². The lowest BCUT2D eigenvalue weighted by Gasteiger charge is -2.55. The zero-order chi connectivity index (χ0) is 15.8. The van der Waals surface area contributed by atoms with Crippen molar-refractivity contribution in [3.8, 4) is 0 Å². The van der Waals surface area contributed by atoms with E-state index < -0.39 is 11.1 Å². The number of benzene rings is 1. The van der Waals surface area contributed by atoms with Crippen LogP contribution in [0.2, 0.25) is 5.02 Å². The van der Waals surface area contributed by atoms with Crippen molar-refractivity contribution >= 4 is 11.6 Å².